The van der Waals surface area contributed by atoms with Crippen LogP contribution in [0.3, 0.4) is 0 Å². The van der Waals surface area contributed by atoms with Crippen LogP contribution in [0.4, 0.5) is 5.69 Å². The maximum absolute atomic E-state index is 11.4. The van der Waals surface area contributed by atoms with Gasteiger partial charge in [-0.2, -0.15) is 0 Å². The predicted molar refractivity (Wildman–Crippen MR) is 68.6 cm³/mol. The third-order valence-corrected chi connectivity index (χ3v) is 4.26. The smallest absolute Gasteiger partial charge is 0.152 e. The standard InChI is InChI=1S/C12H19NO2S/c1-4-16(14,15)9-11(3)13-12-7-5-6-10(2)8-12/h5-8,11,13H,4,9H2,1-3H3. The van der Waals surface area contributed by atoms with E-state index in [2.05, 4.69) is 5.32 Å². The zero-order valence-corrected chi connectivity index (χ0v) is 10.8. The highest BCUT2D eigenvalue weighted by Crippen LogP contribution is 2.11. The second-order valence-corrected chi connectivity index (χ2v) is 6.51. The maximum atomic E-state index is 11.4. The minimum Gasteiger partial charge on any atom is -0.382 e. The Bertz CT molecular complexity index is 440. The van der Waals surface area contributed by atoms with Gasteiger partial charge in [-0.25, -0.2) is 8.42 Å². The van der Waals surface area contributed by atoms with Gasteiger partial charge < -0.3 is 5.32 Å². The summed E-state index contributed by atoms with van der Waals surface area (Å²) < 4.78 is 22.9. The quantitative estimate of drug-likeness (QED) is 0.860. The summed E-state index contributed by atoms with van der Waals surface area (Å²) in [5, 5.41) is 3.19. The van der Waals surface area contributed by atoms with E-state index in [0.29, 0.717) is 0 Å². The molecule has 90 valence electrons. The van der Waals surface area contributed by atoms with Crippen molar-refractivity contribution in [1.29, 1.82) is 0 Å². The largest absolute Gasteiger partial charge is 0.382 e. The van der Waals surface area contributed by atoms with E-state index < -0.39 is 9.84 Å². The second-order valence-electron chi connectivity index (χ2n) is 4.11. The lowest BCUT2D eigenvalue weighted by atomic mass is 10.2. The number of sulfone groups is 1. The van der Waals surface area contributed by atoms with E-state index in [1.165, 1.54) is 0 Å². The van der Waals surface area contributed by atoms with Gasteiger partial charge in [0.2, 0.25) is 0 Å². The van der Waals surface area contributed by atoms with Crippen LogP contribution in [0.15, 0.2) is 24.3 Å². The second kappa shape index (κ2) is 5.34. The highest BCUT2D eigenvalue weighted by molar-refractivity contribution is 7.91. The molecule has 16 heavy (non-hydrogen) atoms. The van der Waals surface area contributed by atoms with Crippen molar-refractivity contribution < 1.29 is 8.42 Å². The Morgan fingerprint density at radius 3 is 2.62 bits per heavy atom. The molecule has 0 fully saturated rings. The lowest BCUT2D eigenvalue weighted by molar-refractivity contribution is 0.593. The van der Waals surface area contributed by atoms with Gasteiger partial charge in [0.05, 0.1) is 5.75 Å². The first-order chi connectivity index (χ1) is 7.43. The molecule has 0 aliphatic carbocycles. The Hall–Kier alpha value is -1.03. The van der Waals surface area contributed by atoms with Gasteiger partial charge in [0.25, 0.3) is 0 Å². The van der Waals surface area contributed by atoms with Crippen LogP contribution >= 0.6 is 0 Å². The zero-order valence-electron chi connectivity index (χ0n) is 10.0. The molecule has 3 nitrogen and oxygen atoms in total. The number of nitrogens with one attached hydrogen (secondary N) is 1. The summed E-state index contributed by atoms with van der Waals surface area (Å²) in [7, 11) is -2.91. The first-order valence-corrected chi connectivity index (χ1v) is 7.28. The van der Waals surface area contributed by atoms with Gasteiger partial charge in [0.1, 0.15) is 0 Å². The highest BCUT2D eigenvalue weighted by atomic mass is 32.2. The van der Waals surface area contributed by atoms with Gasteiger partial charge in [-0.15, -0.1) is 0 Å². The molecule has 0 amide bonds. The molecule has 0 aromatic heterocycles. The molecule has 0 saturated heterocycles. The number of benzene rings is 1. The van der Waals surface area contributed by atoms with Crippen molar-refractivity contribution in [1.82, 2.24) is 0 Å². The summed E-state index contributed by atoms with van der Waals surface area (Å²) >= 11 is 0. The van der Waals surface area contributed by atoms with Crippen LogP contribution in [0.25, 0.3) is 0 Å². The van der Waals surface area contributed by atoms with Crippen LogP contribution in [-0.2, 0) is 9.84 Å². The first-order valence-electron chi connectivity index (χ1n) is 5.46. The molecule has 0 radical (unpaired) electrons. The average Bonchev–Trinajstić information content (AvgIpc) is 2.16. The van der Waals surface area contributed by atoms with Gasteiger partial charge >= 0.3 is 0 Å². The molecule has 0 bridgehead atoms. The lowest BCUT2D eigenvalue weighted by Crippen LogP contribution is -2.26. The van der Waals surface area contributed by atoms with Crippen molar-refractivity contribution in [3.05, 3.63) is 29.8 Å². The Balaban J connectivity index is 2.62. The lowest BCUT2D eigenvalue weighted by Gasteiger charge is -2.15. The normalized spacial score (nSPS) is 13.4. The van der Waals surface area contributed by atoms with E-state index in [4.69, 9.17) is 0 Å². The summed E-state index contributed by atoms with van der Waals surface area (Å²) in [5.74, 6) is 0.379. The molecular weight excluding hydrogens is 222 g/mol. The summed E-state index contributed by atoms with van der Waals surface area (Å²) in [6.07, 6.45) is 0. The Morgan fingerprint density at radius 1 is 1.38 bits per heavy atom. The van der Waals surface area contributed by atoms with Crippen molar-refractivity contribution in [3.8, 4) is 0 Å². The predicted octanol–water partition coefficient (Wildman–Crippen LogP) is 2.23. The van der Waals surface area contributed by atoms with E-state index in [1.807, 2.05) is 38.1 Å². The third-order valence-electron chi connectivity index (χ3n) is 2.37. The fourth-order valence-electron chi connectivity index (χ4n) is 1.56. The Morgan fingerprint density at radius 2 is 2.06 bits per heavy atom. The summed E-state index contributed by atoms with van der Waals surface area (Å²) in [5.41, 5.74) is 2.13. The molecule has 0 aliphatic heterocycles. The molecule has 0 heterocycles. The van der Waals surface area contributed by atoms with E-state index in [1.54, 1.807) is 6.92 Å². The highest BCUT2D eigenvalue weighted by Gasteiger charge is 2.13. The number of anilines is 1. The molecule has 1 aromatic rings. The zero-order chi connectivity index (χ0) is 12.2. The van der Waals surface area contributed by atoms with Crippen molar-refractivity contribution >= 4 is 15.5 Å². The molecule has 0 spiro atoms. The van der Waals surface area contributed by atoms with Crippen LogP contribution in [0.5, 0.6) is 0 Å². The topological polar surface area (TPSA) is 46.2 Å². The number of rotatable bonds is 5. The van der Waals surface area contributed by atoms with E-state index in [0.717, 1.165) is 11.3 Å². The van der Waals surface area contributed by atoms with Crippen LogP contribution < -0.4 is 5.32 Å². The Labute approximate surface area is 97.8 Å². The fraction of sp³-hybridized carbons (Fsp3) is 0.500. The molecule has 0 aliphatic rings. The van der Waals surface area contributed by atoms with Crippen LogP contribution in [0.1, 0.15) is 19.4 Å². The van der Waals surface area contributed by atoms with Gasteiger partial charge in [-0.3, -0.25) is 0 Å². The van der Waals surface area contributed by atoms with Crippen molar-refractivity contribution in [3.63, 3.8) is 0 Å². The van der Waals surface area contributed by atoms with Crippen LogP contribution in [-0.4, -0.2) is 26.0 Å². The minimum atomic E-state index is -2.91. The number of hydrogen-bond acceptors (Lipinski definition) is 3. The SMILES string of the molecule is CCS(=O)(=O)CC(C)Nc1cccc(C)c1. The Kier molecular flexibility index (Phi) is 4.35. The van der Waals surface area contributed by atoms with E-state index in [9.17, 15) is 8.42 Å². The molecule has 1 unspecified atom stereocenters. The maximum Gasteiger partial charge on any atom is 0.152 e. The summed E-state index contributed by atoms with van der Waals surface area (Å²) in [4.78, 5) is 0. The van der Waals surface area contributed by atoms with Crippen molar-refractivity contribution in [2.24, 2.45) is 0 Å². The van der Waals surface area contributed by atoms with Gasteiger partial charge in [-0.05, 0) is 31.5 Å². The van der Waals surface area contributed by atoms with Crippen molar-refractivity contribution in [2.75, 3.05) is 16.8 Å². The first kappa shape index (κ1) is 13.0. The van der Waals surface area contributed by atoms with Gasteiger partial charge in [-0.1, -0.05) is 19.1 Å². The van der Waals surface area contributed by atoms with Crippen LogP contribution in [0, 0.1) is 6.92 Å². The summed E-state index contributed by atoms with van der Waals surface area (Å²) in [6.45, 7) is 5.57. The third kappa shape index (κ3) is 4.23. The number of aryl methyl sites for hydroxylation is 1. The average molecular weight is 241 g/mol. The summed E-state index contributed by atoms with van der Waals surface area (Å²) in [6, 6.07) is 7.86. The molecule has 1 rings (SSSR count). The minimum absolute atomic E-state index is 0.0632. The molecule has 1 aromatic carbocycles. The molecular formula is C12H19NO2S. The van der Waals surface area contributed by atoms with Crippen molar-refractivity contribution in [2.45, 2.75) is 26.8 Å². The monoisotopic (exact) mass is 241 g/mol. The van der Waals surface area contributed by atoms with E-state index >= 15 is 0 Å². The van der Waals surface area contributed by atoms with Crippen LogP contribution in [0.2, 0.25) is 0 Å². The number of hydrogen-bond donors (Lipinski definition) is 1. The van der Waals surface area contributed by atoms with E-state index in [-0.39, 0.29) is 17.5 Å². The fourth-order valence-corrected chi connectivity index (χ4v) is 2.64. The molecule has 0 saturated carbocycles. The molecule has 1 N–H and O–H groups in total. The molecule has 1 atom stereocenters. The van der Waals surface area contributed by atoms with Gasteiger partial charge in [0, 0.05) is 17.5 Å². The van der Waals surface area contributed by atoms with Gasteiger partial charge in [0.15, 0.2) is 9.84 Å². The molecule has 4 heteroatoms.